The molecule has 0 aromatic carbocycles. The molecule has 0 aliphatic rings. The number of aliphatic hydroxyl groups excluding tert-OH is 1. The van der Waals surface area contributed by atoms with E-state index >= 15 is 0 Å². The number of ether oxygens (including phenoxy) is 1. The summed E-state index contributed by atoms with van der Waals surface area (Å²) in [6.07, 6.45) is 0. The third-order valence-electron chi connectivity index (χ3n) is 1.29. The van der Waals surface area contributed by atoms with E-state index in [1.807, 2.05) is 0 Å². The number of halogens is 2. The summed E-state index contributed by atoms with van der Waals surface area (Å²) in [6, 6.07) is 0. The number of hydrogen-bond donors (Lipinski definition) is 1. The molecule has 0 radical (unpaired) electrons. The third kappa shape index (κ3) is 5.13. The molecule has 0 spiro atoms. The quantitative estimate of drug-likeness (QED) is 0.437. The molecule has 2 atom stereocenters. The van der Waals surface area contributed by atoms with Gasteiger partial charge in [-0.05, 0) is 6.92 Å². The van der Waals surface area contributed by atoms with Crippen molar-refractivity contribution in [2.75, 3.05) is 13.2 Å². The molecule has 0 aliphatic heterocycles. The molecule has 1 N–H and O–H groups in total. The van der Waals surface area contributed by atoms with Gasteiger partial charge in [-0.1, -0.05) is 6.58 Å². The number of carbonyl (C=O) groups is 1. The molecule has 0 fully saturated rings. The van der Waals surface area contributed by atoms with Crippen LogP contribution >= 0.6 is 23.2 Å². The molecular weight excluding hydrogens is 215 g/mol. The van der Waals surface area contributed by atoms with Gasteiger partial charge in [0.25, 0.3) is 0 Å². The summed E-state index contributed by atoms with van der Waals surface area (Å²) in [4.78, 5) is 10.9. The predicted molar refractivity (Wildman–Crippen MR) is 52.1 cm³/mol. The molecule has 2 unspecified atom stereocenters. The number of rotatable bonds is 5. The van der Waals surface area contributed by atoms with E-state index in [1.54, 1.807) is 0 Å². The first-order valence-corrected chi connectivity index (χ1v) is 4.58. The van der Waals surface area contributed by atoms with Crippen molar-refractivity contribution < 1.29 is 14.6 Å². The van der Waals surface area contributed by atoms with E-state index in [0.29, 0.717) is 5.57 Å². The SMILES string of the molecule is C=C(C)C(=O)OCC(Cl)C(Cl)CO. The van der Waals surface area contributed by atoms with Gasteiger partial charge in [-0.15, -0.1) is 23.2 Å². The maximum absolute atomic E-state index is 10.9. The zero-order valence-corrected chi connectivity index (χ0v) is 8.81. The molecule has 0 amide bonds. The summed E-state index contributed by atoms with van der Waals surface area (Å²) in [5.74, 6) is -0.507. The zero-order chi connectivity index (χ0) is 10.4. The monoisotopic (exact) mass is 226 g/mol. The second-order valence-corrected chi connectivity index (χ2v) is 3.71. The molecule has 76 valence electrons. The van der Waals surface area contributed by atoms with Crippen molar-refractivity contribution in [3.05, 3.63) is 12.2 Å². The minimum atomic E-state index is -0.611. The van der Waals surface area contributed by atoms with Crippen molar-refractivity contribution in [2.45, 2.75) is 17.7 Å². The number of carbonyl (C=O) groups excluding carboxylic acids is 1. The average molecular weight is 227 g/mol. The van der Waals surface area contributed by atoms with Crippen LogP contribution in [-0.4, -0.2) is 35.0 Å². The Morgan fingerprint density at radius 2 is 2.08 bits per heavy atom. The lowest BCUT2D eigenvalue weighted by molar-refractivity contribution is -0.138. The van der Waals surface area contributed by atoms with Crippen molar-refractivity contribution >= 4 is 29.2 Å². The smallest absolute Gasteiger partial charge is 0.333 e. The molecule has 3 nitrogen and oxygen atoms in total. The van der Waals surface area contributed by atoms with Crippen LogP contribution in [0.4, 0.5) is 0 Å². The van der Waals surface area contributed by atoms with E-state index in [9.17, 15) is 4.79 Å². The first-order valence-electron chi connectivity index (χ1n) is 3.70. The lowest BCUT2D eigenvalue weighted by Gasteiger charge is -2.13. The fourth-order valence-corrected chi connectivity index (χ4v) is 0.713. The number of esters is 1. The second kappa shape index (κ2) is 6.24. The van der Waals surface area contributed by atoms with Crippen LogP contribution in [0.5, 0.6) is 0 Å². The summed E-state index contributed by atoms with van der Waals surface area (Å²) in [6.45, 7) is 4.66. The highest BCUT2D eigenvalue weighted by Crippen LogP contribution is 2.10. The fraction of sp³-hybridized carbons (Fsp3) is 0.625. The maximum atomic E-state index is 10.9. The molecule has 0 aromatic heterocycles. The van der Waals surface area contributed by atoms with Gasteiger partial charge in [0.2, 0.25) is 0 Å². The molecule has 0 aliphatic carbocycles. The molecule has 0 aromatic rings. The number of alkyl halides is 2. The highest BCUT2D eigenvalue weighted by molar-refractivity contribution is 6.30. The van der Waals surface area contributed by atoms with Crippen molar-refractivity contribution in [2.24, 2.45) is 0 Å². The van der Waals surface area contributed by atoms with Gasteiger partial charge in [-0.3, -0.25) is 0 Å². The Kier molecular flexibility index (Phi) is 6.12. The van der Waals surface area contributed by atoms with E-state index in [-0.39, 0.29) is 13.2 Å². The van der Waals surface area contributed by atoms with Crippen molar-refractivity contribution in [1.29, 1.82) is 0 Å². The third-order valence-corrected chi connectivity index (χ3v) is 2.29. The molecule has 0 saturated heterocycles. The zero-order valence-electron chi connectivity index (χ0n) is 7.30. The van der Waals surface area contributed by atoms with Gasteiger partial charge in [0.05, 0.1) is 17.4 Å². The average Bonchev–Trinajstić information content (AvgIpc) is 2.11. The summed E-state index contributed by atoms with van der Waals surface area (Å²) in [7, 11) is 0. The van der Waals surface area contributed by atoms with Crippen molar-refractivity contribution in [3.63, 3.8) is 0 Å². The van der Waals surface area contributed by atoms with Gasteiger partial charge >= 0.3 is 5.97 Å². The lowest BCUT2D eigenvalue weighted by atomic mass is 10.3. The van der Waals surface area contributed by atoms with Crippen LogP contribution in [0, 0.1) is 0 Å². The number of aliphatic hydroxyl groups is 1. The van der Waals surface area contributed by atoms with Gasteiger partial charge in [-0.2, -0.15) is 0 Å². The van der Waals surface area contributed by atoms with Gasteiger partial charge in [0.1, 0.15) is 6.61 Å². The Hall–Kier alpha value is -0.250. The van der Waals surface area contributed by atoms with Gasteiger partial charge in [0.15, 0.2) is 0 Å². The first-order chi connectivity index (χ1) is 5.99. The first kappa shape index (κ1) is 12.8. The van der Waals surface area contributed by atoms with Crippen LogP contribution < -0.4 is 0 Å². The van der Waals surface area contributed by atoms with Gasteiger partial charge in [-0.25, -0.2) is 4.79 Å². The van der Waals surface area contributed by atoms with E-state index < -0.39 is 16.7 Å². The van der Waals surface area contributed by atoms with Gasteiger partial charge < -0.3 is 9.84 Å². The van der Waals surface area contributed by atoms with Crippen molar-refractivity contribution in [3.8, 4) is 0 Å². The Morgan fingerprint density at radius 1 is 1.54 bits per heavy atom. The standard InChI is InChI=1S/C8H12Cl2O3/c1-5(2)8(12)13-4-7(10)6(9)3-11/h6-7,11H,1,3-4H2,2H3. The topological polar surface area (TPSA) is 46.5 Å². The lowest BCUT2D eigenvalue weighted by Crippen LogP contribution is -2.25. The van der Waals surface area contributed by atoms with Crippen LogP contribution in [0.2, 0.25) is 0 Å². The van der Waals surface area contributed by atoms with Crippen LogP contribution in [0.25, 0.3) is 0 Å². The summed E-state index contributed by atoms with van der Waals surface area (Å²) in [5, 5.41) is 7.41. The molecule has 5 heteroatoms. The normalized spacial score (nSPS) is 14.8. The second-order valence-electron chi connectivity index (χ2n) is 2.59. The predicted octanol–water partition coefficient (Wildman–Crippen LogP) is 1.31. The fourth-order valence-electron chi connectivity index (χ4n) is 0.497. The van der Waals surface area contributed by atoms with Crippen molar-refractivity contribution in [1.82, 2.24) is 0 Å². The van der Waals surface area contributed by atoms with Gasteiger partial charge in [0, 0.05) is 5.57 Å². The Labute approximate surface area is 87.3 Å². The van der Waals surface area contributed by atoms with E-state index in [2.05, 4.69) is 6.58 Å². The molecule has 0 rings (SSSR count). The molecule has 0 saturated carbocycles. The number of hydrogen-bond acceptors (Lipinski definition) is 3. The Bertz CT molecular complexity index is 194. The molecular formula is C8H12Cl2O3. The van der Waals surface area contributed by atoms with Crippen LogP contribution in [0.1, 0.15) is 6.92 Å². The Morgan fingerprint density at radius 3 is 2.46 bits per heavy atom. The molecule has 0 bridgehead atoms. The van der Waals surface area contributed by atoms with E-state index in [1.165, 1.54) is 6.92 Å². The summed E-state index contributed by atoms with van der Waals surface area (Å²) in [5.41, 5.74) is 0.305. The largest absolute Gasteiger partial charge is 0.461 e. The van der Waals surface area contributed by atoms with Crippen LogP contribution in [0.15, 0.2) is 12.2 Å². The minimum Gasteiger partial charge on any atom is -0.461 e. The van der Waals surface area contributed by atoms with E-state index in [0.717, 1.165) is 0 Å². The summed E-state index contributed by atoms with van der Waals surface area (Å²) < 4.78 is 4.72. The van der Waals surface area contributed by atoms with Crippen LogP contribution in [0.3, 0.4) is 0 Å². The highest BCUT2D eigenvalue weighted by Gasteiger charge is 2.17. The molecule has 13 heavy (non-hydrogen) atoms. The molecule has 0 heterocycles. The highest BCUT2D eigenvalue weighted by atomic mass is 35.5. The summed E-state index contributed by atoms with van der Waals surface area (Å²) >= 11 is 11.3. The van der Waals surface area contributed by atoms with Crippen LogP contribution in [-0.2, 0) is 9.53 Å². The van der Waals surface area contributed by atoms with E-state index in [4.69, 9.17) is 33.0 Å². The maximum Gasteiger partial charge on any atom is 0.333 e. The minimum absolute atomic E-state index is 0.0258. The Balaban J connectivity index is 3.76.